The van der Waals surface area contributed by atoms with Crippen LogP contribution in [0.4, 0.5) is 0 Å². The molecular weight excluding hydrogens is 184 g/mol. The van der Waals surface area contributed by atoms with Crippen molar-refractivity contribution >= 4 is 0 Å². The molecule has 0 heterocycles. The Morgan fingerprint density at radius 1 is 1.33 bits per heavy atom. The van der Waals surface area contributed by atoms with Crippen molar-refractivity contribution in [2.45, 2.75) is 39.0 Å². The molecule has 2 rings (SSSR count). The molecule has 1 N–H and O–H groups in total. The molecule has 1 aliphatic rings. The Hall–Kier alpha value is -0.820. The molecule has 1 nitrogen and oxygen atoms in total. The Bertz CT molecular complexity index is 370. The lowest BCUT2D eigenvalue weighted by molar-refractivity contribution is 0.262. The normalized spacial score (nSPS) is 29.2. The van der Waals surface area contributed by atoms with Gasteiger partial charge in [-0.15, -0.1) is 0 Å². The second-order valence-corrected chi connectivity index (χ2v) is 4.89. The summed E-state index contributed by atoms with van der Waals surface area (Å²) in [7, 11) is 0. The first-order valence-electron chi connectivity index (χ1n) is 5.82. The van der Waals surface area contributed by atoms with Gasteiger partial charge in [0.1, 0.15) is 0 Å². The summed E-state index contributed by atoms with van der Waals surface area (Å²) in [4.78, 5) is 0. The number of aliphatic hydroxyl groups is 1. The smallest absolute Gasteiger partial charge is 0.0468 e. The van der Waals surface area contributed by atoms with E-state index in [1.54, 1.807) is 0 Å². The Morgan fingerprint density at radius 2 is 2.07 bits per heavy atom. The summed E-state index contributed by atoms with van der Waals surface area (Å²) in [5.74, 6) is 0.490. The van der Waals surface area contributed by atoms with Crippen molar-refractivity contribution in [2.75, 3.05) is 6.61 Å². The Kier molecular flexibility index (Phi) is 2.59. The first-order chi connectivity index (χ1) is 7.14. The Morgan fingerprint density at radius 3 is 2.53 bits per heavy atom. The molecule has 82 valence electrons. The van der Waals surface area contributed by atoms with Crippen LogP contribution in [0.2, 0.25) is 0 Å². The average molecular weight is 204 g/mol. The molecule has 0 saturated heterocycles. The molecule has 0 spiro atoms. The minimum atomic E-state index is 0.285. The topological polar surface area (TPSA) is 20.2 Å². The SMILES string of the molecule is CC[C@@]1(c2ccc(C)c(C)c2)C[C@H]1CO. The zero-order valence-electron chi connectivity index (χ0n) is 9.88. The quantitative estimate of drug-likeness (QED) is 0.802. The van der Waals surface area contributed by atoms with Crippen LogP contribution in [0.25, 0.3) is 0 Å². The van der Waals surface area contributed by atoms with Crippen molar-refractivity contribution in [3.8, 4) is 0 Å². The monoisotopic (exact) mass is 204 g/mol. The van der Waals surface area contributed by atoms with Gasteiger partial charge >= 0.3 is 0 Å². The molecule has 1 aromatic carbocycles. The summed E-state index contributed by atoms with van der Waals surface area (Å²) in [6.45, 7) is 6.87. The highest BCUT2D eigenvalue weighted by molar-refractivity contribution is 5.39. The van der Waals surface area contributed by atoms with Gasteiger partial charge in [-0.25, -0.2) is 0 Å². The second-order valence-electron chi connectivity index (χ2n) is 4.89. The van der Waals surface area contributed by atoms with Crippen molar-refractivity contribution in [3.63, 3.8) is 0 Å². The van der Waals surface area contributed by atoms with Gasteiger partial charge in [0.25, 0.3) is 0 Å². The third-order valence-corrected chi connectivity index (χ3v) is 4.17. The zero-order chi connectivity index (χ0) is 11.1. The van der Waals surface area contributed by atoms with Crippen LogP contribution >= 0.6 is 0 Å². The van der Waals surface area contributed by atoms with Crippen molar-refractivity contribution in [3.05, 3.63) is 34.9 Å². The lowest BCUT2D eigenvalue weighted by Gasteiger charge is -2.16. The van der Waals surface area contributed by atoms with Crippen LogP contribution in [0, 0.1) is 19.8 Å². The van der Waals surface area contributed by atoms with E-state index in [1.165, 1.54) is 16.7 Å². The summed E-state index contributed by atoms with van der Waals surface area (Å²) < 4.78 is 0. The van der Waals surface area contributed by atoms with Crippen LogP contribution in [0.1, 0.15) is 36.5 Å². The fourth-order valence-electron chi connectivity index (χ4n) is 2.66. The van der Waals surface area contributed by atoms with Gasteiger partial charge in [0.05, 0.1) is 0 Å². The molecule has 1 saturated carbocycles. The summed E-state index contributed by atoms with van der Waals surface area (Å²) in [6, 6.07) is 6.74. The summed E-state index contributed by atoms with van der Waals surface area (Å²) >= 11 is 0. The molecule has 1 aromatic rings. The van der Waals surface area contributed by atoms with Gasteiger partial charge in [0, 0.05) is 12.0 Å². The minimum absolute atomic E-state index is 0.285. The molecule has 0 aliphatic heterocycles. The molecule has 2 atom stereocenters. The zero-order valence-corrected chi connectivity index (χ0v) is 9.88. The van der Waals surface area contributed by atoms with E-state index in [9.17, 15) is 5.11 Å². The van der Waals surface area contributed by atoms with Crippen LogP contribution in [0.3, 0.4) is 0 Å². The van der Waals surface area contributed by atoms with Crippen molar-refractivity contribution < 1.29 is 5.11 Å². The molecule has 0 aromatic heterocycles. The van der Waals surface area contributed by atoms with Gasteiger partial charge in [0.2, 0.25) is 0 Å². The maximum atomic E-state index is 9.26. The molecule has 1 fully saturated rings. The molecular formula is C14H20O. The van der Waals surface area contributed by atoms with E-state index in [2.05, 4.69) is 39.0 Å². The minimum Gasteiger partial charge on any atom is -0.396 e. The van der Waals surface area contributed by atoms with Crippen LogP contribution < -0.4 is 0 Å². The van der Waals surface area contributed by atoms with E-state index < -0.39 is 0 Å². The third kappa shape index (κ3) is 1.59. The number of aryl methyl sites for hydroxylation is 2. The lowest BCUT2D eigenvalue weighted by atomic mass is 9.88. The number of hydrogen-bond acceptors (Lipinski definition) is 1. The van der Waals surface area contributed by atoms with Crippen molar-refractivity contribution in [1.29, 1.82) is 0 Å². The Balaban J connectivity index is 2.33. The predicted molar refractivity (Wildman–Crippen MR) is 63.1 cm³/mol. The summed E-state index contributed by atoms with van der Waals surface area (Å²) in [5.41, 5.74) is 4.43. The first-order valence-corrected chi connectivity index (χ1v) is 5.82. The van der Waals surface area contributed by atoms with E-state index in [-0.39, 0.29) is 5.41 Å². The maximum absolute atomic E-state index is 9.26. The van der Waals surface area contributed by atoms with Crippen molar-refractivity contribution in [2.24, 2.45) is 5.92 Å². The molecule has 0 bridgehead atoms. The maximum Gasteiger partial charge on any atom is 0.0468 e. The van der Waals surface area contributed by atoms with E-state index >= 15 is 0 Å². The van der Waals surface area contributed by atoms with Crippen LogP contribution in [-0.2, 0) is 5.41 Å². The first kappa shape index (κ1) is 10.7. The van der Waals surface area contributed by atoms with Gasteiger partial charge in [-0.05, 0) is 49.3 Å². The van der Waals surface area contributed by atoms with Crippen LogP contribution in [0.5, 0.6) is 0 Å². The predicted octanol–water partition coefficient (Wildman–Crippen LogP) is 2.96. The van der Waals surface area contributed by atoms with E-state index in [1.807, 2.05) is 0 Å². The molecule has 1 heteroatoms. The van der Waals surface area contributed by atoms with E-state index in [4.69, 9.17) is 0 Å². The molecule has 1 aliphatic carbocycles. The van der Waals surface area contributed by atoms with Gasteiger partial charge < -0.3 is 5.11 Å². The molecule has 0 unspecified atom stereocenters. The second kappa shape index (κ2) is 3.64. The average Bonchev–Trinajstić information content (AvgIpc) is 2.97. The molecule has 0 radical (unpaired) electrons. The highest BCUT2D eigenvalue weighted by atomic mass is 16.3. The van der Waals surface area contributed by atoms with Gasteiger partial charge in [-0.2, -0.15) is 0 Å². The third-order valence-electron chi connectivity index (χ3n) is 4.17. The largest absolute Gasteiger partial charge is 0.396 e. The number of benzene rings is 1. The standard InChI is InChI=1S/C14H20O/c1-4-14(8-13(14)9-15)12-6-5-10(2)11(3)7-12/h5-7,13,15H,4,8-9H2,1-3H3/t13-,14-/m0/s1. The van der Waals surface area contributed by atoms with Crippen LogP contribution in [-0.4, -0.2) is 11.7 Å². The fraction of sp³-hybridized carbons (Fsp3) is 0.571. The van der Waals surface area contributed by atoms with E-state index in [0.29, 0.717) is 12.5 Å². The summed E-state index contributed by atoms with van der Waals surface area (Å²) in [6.07, 6.45) is 2.29. The fourth-order valence-corrected chi connectivity index (χ4v) is 2.66. The molecule has 0 amide bonds. The Labute approximate surface area is 92.1 Å². The summed E-state index contributed by atoms with van der Waals surface area (Å²) in [5, 5.41) is 9.26. The van der Waals surface area contributed by atoms with Crippen molar-refractivity contribution in [1.82, 2.24) is 0 Å². The van der Waals surface area contributed by atoms with E-state index in [0.717, 1.165) is 12.8 Å². The number of aliphatic hydroxyl groups excluding tert-OH is 1. The van der Waals surface area contributed by atoms with Gasteiger partial charge in [-0.3, -0.25) is 0 Å². The molecule has 15 heavy (non-hydrogen) atoms. The van der Waals surface area contributed by atoms with Gasteiger partial charge in [-0.1, -0.05) is 25.1 Å². The number of hydrogen-bond donors (Lipinski definition) is 1. The van der Waals surface area contributed by atoms with Gasteiger partial charge in [0.15, 0.2) is 0 Å². The number of rotatable bonds is 3. The van der Waals surface area contributed by atoms with Crippen LogP contribution in [0.15, 0.2) is 18.2 Å². The highest BCUT2D eigenvalue weighted by Crippen LogP contribution is 2.56. The lowest BCUT2D eigenvalue weighted by Crippen LogP contribution is -2.11. The highest BCUT2D eigenvalue weighted by Gasteiger charge is 2.53.